The normalized spacial score (nSPS) is 21.3. The largest absolute Gasteiger partial charge is 0.388 e. The van der Waals surface area contributed by atoms with Gasteiger partial charge in [0.1, 0.15) is 6.61 Å². The van der Waals surface area contributed by atoms with Crippen molar-refractivity contribution in [1.29, 1.82) is 0 Å². The molecule has 1 aliphatic heterocycles. The van der Waals surface area contributed by atoms with Gasteiger partial charge >= 0.3 is 0 Å². The van der Waals surface area contributed by atoms with E-state index in [0.29, 0.717) is 17.6 Å². The van der Waals surface area contributed by atoms with Crippen molar-refractivity contribution in [1.82, 2.24) is 9.80 Å². The van der Waals surface area contributed by atoms with Crippen molar-refractivity contribution in [2.24, 2.45) is 0 Å². The summed E-state index contributed by atoms with van der Waals surface area (Å²) in [5.74, 6) is -0.227. The Bertz CT molecular complexity index is 718. The molecular weight excluding hydrogens is 336 g/mol. The number of benzene rings is 2. The van der Waals surface area contributed by atoms with Gasteiger partial charge in [-0.05, 0) is 31.4 Å². The number of carbonyl (C=O) groups is 1. The molecule has 0 aromatic heterocycles. The van der Waals surface area contributed by atoms with E-state index in [1.54, 1.807) is 0 Å². The molecule has 0 saturated carbocycles. The minimum atomic E-state index is -0.432. The van der Waals surface area contributed by atoms with E-state index >= 15 is 0 Å². The van der Waals surface area contributed by atoms with Crippen molar-refractivity contribution < 1.29 is 9.90 Å². The number of aliphatic hydroxyl groups excluding tert-OH is 1. The summed E-state index contributed by atoms with van der Waals surface area (Å²) in [5.41, 5.74) is 3.19. The number of rotatable bonds is 7. The van der Waals surface area contributed by atoms with Crippen LogP contribution in [0.3, 0.4) is 0 Å². The summed E-state index contributed by atoms with van der Waals surface area (Å²) < 4.78 is 0. The van der Waals surface area contributed by atoms with E-state index in [-0.39, 0.29) is 5.78 Å². The summed E-state index contributed by atoms with van der Waals surface area (Å²) in [6.07, 6.45) is 1.10. The van der Waals surface area contributed by atoms with E-state index < -0.39 is 6.61 Å². The Labute approximate surface area is 162 Å². The zero-order valence-corrected chi connectivity index (χ0v) is 16.3. The summed E-state index contributed by atoms with van der Waals surface area (Å²) in [6.45, 7) is 8.32. The Morgan fingerprint density at radius 1 is 0.963 bits per heavy atom. The zero-order valence-electron chi connectivity index (χ0n) is 16.3. The molecule has 1 heterocycles. The molecule has 2 aromatic carbocycles. The zero-order chi connectivity index (χ0) is 19.2. The maximum atomic E-state index is 11.6. The van der Waals surface area contributed by atoms with Crippen LogP contribution in [-0.4, -0.2) is 59.0 Å². The Balaban J connectivity index is 1.55. The van der Waals surface area contributed by atoms with E-state index in [4.69, 9.17) is 5.11 Å². The maximum absolute atomic E-state index is 11.6. The highest BCUT2D eigenvalue weighted by Crippen LogP contribution is 2.20. The van der Waals surface area contributed by atoms with Crippen molar-refractivity contribution in [3.8, 4) is 0 Å². The molecule has 4 heteroatoms. The molecule has 0 radical (unpaired) electrons. The van der Waals surface area contributed by atoms with Gasteiger partial charge in [0.2, 0.25) is 0 Å². The predicted octanol–water partition coefficient (Wildman–Crippen LogP) is 3.00. The second kappa shape index (κ2) is 9.27. The predicted molar refractivity (Wildman–Crippen MR) is 109 cm³/mol. The molecule has 0 unspecified atom stereocenters. The fourth-order valence-electron chi connectivity index (χ4n) is 3.99. The van der Waals surface area contributed by atoms with Crippen molar-refractivity contribution in [3.05, 3.63) is 71.3 Å². The first-order valence-electron chi connectivity index (χ1n) is 9.82. The van der Waals surface area contributed by atoms with Gasteiger partial charge in [-0.15, -0.1) is 0 Å². The van der Waals surface area contributed by atoms with Crippen LogP contribution in [0.1, 0.15) is 35.3 Å². The number of ketones is 1. The first kappa shape index (κ1) is 19.7. The van der Waals surface area contributed by atoms with Crippen LogP contribution in [0.5, 0.6) is 0 Å². The molecule has 0 spiro atoms. The van der Waals surface area contributed by atoms with Crippen LogP contribution in [-0.2, 0) is 13.0 Å². The van der Waals surface area contributed by atoms with Gasteiger partial charge in [-0.1, -0.05) is 54.6 Å². The van der Waals surface area contributed by atoms with Gasteiger partial charge in [0.05, 0.1) is 0 Å². The molecule has 4 nitrogen and oxygen atoms in total. The Morgan fingerprint density at radius 3 is 2.19 bits per heavy atom. The molecule has 0 bridgehead atoms. The van der Waals surface area contributed by atoms with Crippen molar-refractivity contribution in [2.75, 3.05) is 26.2 Å². The summed E-state index contributed by atoms with van der Waals surface area (Å²) in [6, 6.07) is 19.3. The molecule has 3 rings (SSSR count). The van der Waals surface area contributed by atoms with E-state index in [0.717, 1.165) is 32.6 Å². The molecular formula is C23H30N2O2. The molecule has 1 fully saturated rings. The lowest BCUT2D eigenvalue weighted by molar-refractivity contribution is 0.0335. The average Bonchev–Trinajstić information content (AvgIpc) is 2.70. The van der Waals surface area contributed by atoms with Gasteiger partial charge in [0.25, 0.3) is 0 Å². The summed E-state index contributed by atoms with van der Waals surface area (Å²) >= 11 is 0. The topological polar surface area (TPSA) is 43.8 Å². The molecule has 0 amide bonds. The second-order valence-corrected chi connectivity index (χ2v) is 7.64. The Morgan fingerprint density at radius 2 is 1.59 bits per heavy atom. The number of piperazine rings is 1. The Hall–Kier alpha value is -2.01. The van der Waals surface area contributed by atoms with Crippen LogP contribution in [0, 0.1) is 0 Å². The number of Topliss-reactive ketones (excluding diaryl/α,β-unsaturated/α-hetero) is 1. The maximum Gasteiger partial charge on any atom is 0.188 e. The smallest absolute Gasteiger partial charge is 0.188 e. The highest BCUT2D eigenvalue weighted by atomic mass is 16.3. The number of aliphatic hydroxyl groups is 1. The van der Waals surface area contributed by atoms with Gasteiger partial charge in [-0.2, -0.15) is 0 Å². The molecule has 144 valence electrons. The molecule has 1 N–H and O–H groups in total. The summed E-state index contributed by atoms with van der Waals surface area (Å²) in [7, 11) is 0. The van der Waals surface area contributed by atoms with Crippen LogP contribution >= 0.6 is 0 Å². The van der Waals surface area contributed by atoms with Crippen LogP contribution in [0.15, 0.2) is 54.6 Å². The quantitative estimate of drug-likeness (QED) is 0.765. The van der Waals surface area contributed by atoms with Gasteiger partial charge in [0.15, 0.2) is 5.78 Å². The van der Waals surface area contributed by atoms with Gasteiger partial charge in [-0.3, -0.25) is 14.6 Å². The van der Waals surface area contributed by atoms with E-state index in [1.807, 2.05) is 24.3 Å². The van der Waals surface area contributed by atoms with Crippen molar-refractivity contribution in [3.63, 3.8) is 0 Å². The van der Waals surface area contributed by atoms with Gasteiger partial charge < -0.3 is 5.11 Å². The Kier molecular flexibility index (Phi) is 6.78. The molecule has 2 aromatic rings. The van der Waals surface area contributed by atoms with Gasteiger partial charge in [-0.25, -0.2) is 0 Å². The number of hydrogen-bond donors (Lipinski definition) is 1. The number of nitrogens with zero attached hydrogens (tertiary/aromatic N) is 2. The molecule has 2 atom stereocenters. The fraction of sp³-hybridized carbons (Fsp3) is 0.435. The molecule has 1 aliphatic rings. The monoisotopic (exact) mass is 366 g/mol. The molecule has 0 aliphatic carbocycles. The third-order valence-electron chi connectivity index (χ3n) is 5.52. The first-order valence-corrected chi connectivity index (χ1v) is 9.82. The average molecular weight is 367 g/mol. The SMILES string of the molecule is C[C@@H]1CN(CCc2ccccc2)C[C@H](C)N1Cc1ccc(C(=O)CO)cc1. The van der Waals surface area contributed by atoms with E-state index in [9.17, 15) is 4.79 Å². The lowest BCUT2D eigenvalue weighted by Crippen LogP contribution is -2.56. The van der Waals surface area contributed by atoms with Crippen LogP contribution < -0.4 is 0 Å². The number of hydrogen-bond acceptors (Lipinski definition) is 4. The first-order chi connectivity index (χ1) is 13.1. The van der Waals surface area contributed by atoms with Crippen LogP contribution in [0.2, 0.25) is 0 Å². The molecule has 1 saturated heterocycles. The minimum Gasteiger partial charge on any atom is -0.388 e. The van der Waals surface area contributed by atoms with E-state index in [1.165, 1.54) is 11.1 Å². The summed E-state index contributed by atoms with van der Waals surface area (Å²) in [4.78, 5) is 16.7. The lowest BCUT2D eigenvalue weighted by Gasteiger charge is -2.44. The molecule has 27 heavy (non-hydrogen) atoms. The van der Waals surface area contributed by atoms with Crippen LogP contribution in [0.25, 0.3) is 0 Å². The minimum absolute atomic E-state index is 0.227. The number of carbonyl (C=O) groups excluding carboxylic acids is 1. The third kappa shape index (κ3) is 5.25. The summed E-state index contributed by atoms with van der Waals surface area (Å²) in [5, 5.41) is 8.97. The third-order valence-corrected chi connectivity index (χ3v) is 5.52. The fourth-order valence-corrected chi connectivity index (χ4v) is 3.99. The van der Waals surface area contributed by atoms with Crippen molar-refractivity contribution in [2.45, 2.75) is 38.9 Å². The lowest BCUT2D eigenvalue weighted by atomic mass is 10.0. The second-order valence-electron chi connectivity index (χ2n) is 7.64. The highest BCUT2D eigenvalue weighted by molar-refractivity contribution is 5.96. The van der Waals surface area contributed by atoms with Crippen molar-refractivity contribution >= 4 is 5.78 Å². The van der Waals surface area contributed by atoms with E-state index in [2.05, 4.69) is 54.0 Å². The van der Waals surface area contributed by atoms with Crippen LogP contribution in [0.4, 0.5) is 0 Å². The standard InChI is InChI=1S/C23H30N2O2/c1-18-14-24(13-12-20-6-4-3-5-7-20)15-19(2)25(18)16-21-8-10-22(11-9-21)23(27)17-26/h3-11,18-19,26H,12-17H2,1-2H3/t18-,19+. The van der Waals surface area contributed by atoms with Gasteiger partial charge in [0, 0.05) is 43.8 Å². The highest BCUT2D eigenvalue weighted by Gasteiger charge is 2.29.